The second-order valence-electron chi connectivity index (χ2n) is 9.94. The highest BCUT2D eigenvalue weighted by Crippen LogP contribution is 2.29. The highest BCUT2D eigenvalue weighted by Gasteiger charge is 2.31. The zero-order valence-electron chi connectivity index (χ0n) is 21.8. The first kappa shape index (κ1) is 27.9. The lowest BCUT2D eigenvalue weighted by Gasteiger charge is -2.33. The van der Waals surface area contributed by atoms with Crippen LogP contribution in [0.5, 0.6) is 0 Å². The average Bonchev–Trinajstić information content (AvgIpc) is 2.89. The number of halogens is 1. The Bertz CT molecular complexity index is 1400. The van der Waals surface area contributed by atoms with Crippen LogP contribution in [-0.4, -0.2) is 50.0 Å². The minimum Gasteiger partial charge on any atom is -0.352 e. The van der Waals surface area contributed by atoms with Gasteiger partial charge >= 0.3 is 0 Å². The highest BCUT2D eigenvalue weighted by molar-refractivity contribution is 7.92. The third kappa shape index (κ3) is 6.85. The quantitative estimate of drug-likeness (QED) is 0.397. The van der Waals surface area contributed by atoms with Crippen molar-refractivity contribution in [3.8, 4) is 0 Å². The van der Waals surface area contributed by atoms with Crippen LogP contribution in [0.1, 0.15) is 44.6 Å². The molecule has 0 bridgehead atoms. The molecule has 0 radical (unpaired) electrons. The lowest BCUT2D eigenvalue weighted by molar-refractivity contribution is -0.139. The lowest BCUT2D eigenvalue weighted by Crippen LogP contribution is -2.53. The van der Waals surface area contributed by atoms with E-state index in [0.717, 1.165) is 59.0 Å². The molecule has 1 fully saturated rings. The first-order valence-electron chi connectivity index (χ1n) is 12.9. The Morgan fingerprint density at radius 2 is 1.68 bits per heavy atom. The van der Waals surface area contributed by atoms with Gasteiger partial charge in [-0.05, 0) is 48.9 Å². The Hall–Kier alpha value is -3.10. The second kappa shape index (κ2) is 12.2. The smallest absolute Gasteiger partial charge is 0.244 e. The van der Waals surface area contributed by atoms with E-state index in [4.69, 9.17) is 11.6 Å². The van der Waals surface area contributed by atoms with E-state index in [0.29, 0.717) is 10.7 Å². The molecule has 3 aromatic rings. The van der Waals surface area contributed by atoms with Crippen LogP contribution in [0.25, 0.3) is 10.8 Å². The zero-order chi connectivity index (χ0) is 27.3. The van der Waals surface area contributed by atoms with Crippen molar-refractivity contribution in [3.63, 3.8) is 0 Å². The number of nitrogens with zero attached hydrogens (tertiary/aromatic N) is 2. The number of benzene rings is 3. The van der Waals surface area contributed by atoms with Crippen LogP contribution >= 0.6 is 11.6 Å². The van der Waals surface area contributed by atoms with E-state index in [1.54, 1.807) is 37.3 Å². The summed E-state index contributed by atoms with van der Waals surface area (Å²) < 4.78 is 27.0. The third-order valence-electron chi connectivity index (χ3n) is 7.08. The number of rotatable bonds is 9. The molecule has 1 atom stereocenters. The van der Waals surface area contributed by atoms with E-state index in [1.807, 2.05) is 36.4 Å². The van der Waals surface area contributed by atoms with Gasteiger partial charge in [-0.3, -0.25) is 13.9 Å². The van der Waals surface area contributed by atoms with Gasteiger partial charge in [-0.15, -0.1) is 0 Å². The molecule has 0 aliphatic heterocycles. The summed E-state index contributed by atoms with van der Waals surface area (Å²) in [5.41, 5.74) is 1.17. The van der Waals surface area contributed by atoms with E-state index in [-0.39, 0.29) is 18.5 Å². The molecule has 202 valence electrons. The summed E-state index contributed by atoms with van der Waals surface area (Å²) in [6.07, 6.45) is 6.23. The Balaban J connectivity index is 1.64. The number of nitrogens with one attached hydrogen (secondary N) is 1. The maximum Gasteiger partial charge on any atom is 0.244 e. The fraction of sp³-hybridized carbons (Fsp3) is 0.379. The largest absolute Gasteiger partial charge is 0.352 e. The first-order valence-corrected chi connectivity index (χ1v) is 15.2. The van der Waals surface area contributed by atoms with Crippen LogP contribution in [0.4, 0.5) is 5.69 Å². The fourth-order valence-corrected chi connectivity index (χ4v) is 6.08. The van der Waals surface area contributed by atoms with Gasteiger partial charge in [-0.1, -0.05) is 79.4 Å². The maximum atomic E-state index is 13.8. The molecule has 4 rings (SSSR count). The van der Waals surface area contributed by atoms with Crippen LogP contribution in [0.15, 0.2) is 66.7 Å². The zero-order valence-corrected chi connectivity index (χ0v) is 23.3. The molecule has 1 aliphatic rings. The van der Waals surface area contributed by atoms with E-state index in [2.05, 4.69) is 5.32 Å². The first-order chi connectivity index (χ1) is 18.1. The molecule has 1 saturated carbocycles. The number of carbonyl (C=O) groups excluding carboxylic acids is 2. The predicted octanol–water partition coefficient (Wildman–Crippen LogP) is 5.13. The minimum atomic E-state index is -3.82. The van der Waals surface area contributed by atoms with E-state index in [1.165, 1.54) is 4.90 Å². The standard InChI is InChI=1S/C29H34ClN3O4S/c1-21(29(35)31-25-14-4-3-5-15-25)32(19-22-10-8-13-24(30)18-22)28(34)20-33(38(2,36)37)27-17-9-12-23-11-6-7-16-26(23)27/h6-13,16-18,21,25H,3-5,14-15,19-20H2,1-2H3,(H,31,35). The number of amides is 2. The van der Waals surface area contributed by atoms with Crippen molar-refractivity contribution in [1.82, 2.24) is 10.2 Å². The van der Waals surface area contributed by atoms with Crippen LogP contribution in [0.2, 0.25) is 5.02 Å². The molecule has 1 aliphatic carbocycles. The van der Waals surface area contributed by atoms with Gasteiger partial charge in [0.05, 0.1) is 11.9 Å². The lowest BCUT2D eigenvalue weighted by atomic mass is 9.95. The predicted molar refractivity (Wildman–Crippen MR) is 153 cm³/mol. The summed E-state index contributed by atoms with van der Waals surface area (Å²) >= 11 is 6.19. The summed E-state index contributed by atoms with van der Waals surface area (Å²) in [7, 11) is -3.82. The summed E-state index contributed by atoms with van der Waals surface area (Å²) in [5, 5.41) is 5.20. The Kier molecular flexibility index (Phi) is 8.95. The Labute approximate surface area is 229 Å². The Morgan fingerprint density at radius 1 is 1.00 bits per heavy atom. The van der Waals surface area contributed by atoms with Crippen LogP contribution < -0.4 is 9.62 Å². The molecular weight excluding hydrogens is 522 g/mol. The average molecular weight is 556 g/mol. The van der Waals surface area contributed by atoms with E-state index in [9.17, 15) is 18.0 Å². The minimum absolute atomic E-state index is 0.0880. The van der Waals surface area contributed by atoms with E-state index < -0.39 is 28.5 Å². The van der Waals surface area contributed by atoms with E-state index >= 15 is 0 Å². The molecule has 7 nitrogen and oxygen atoms in total. The number of anilines is 1. The van der Waals surface area contributed by atoms with Crippen molar-refractivity contribution in [3.05, 3.63) is 77.3 Å². The second-order valence-corrected chi connectivity index (χ2v) is 12.3. The molecule has 1 N–H and O–H groups in total. The molecular formula is C29H34ClN3O4S. The van der Waals surface area contributed by atoms with Gasteiger partial charge < -0.3 is 10.2 Å². The summed E-state index contributed by atoms with van der Waals surface area (Å²) in [4.78, 5) is 28.6. The van der Waals surface area contributed by atoms with Gasteiger partial charge in [0.1, 0.15) is 12.6 Å². The van der Waals surface area contributed by atoms with Crippen LogP contribution in [-0.2, 0) is 26.2 Å². The number of sulfonamides is 1. The van der Waals surface area contributed by atoms with Crippen LogP contribution in [0.3, 0.4) is 0 Å². The third-order valence-corrected chi connectivity index (χ3v) is 8.44. The SMILES string of the molecule is CC(C(=O)NC1CCCCC1)N(Cc1cccc(Cl)c1)C(=O)CN(c1cccc2ccccc12)S(C)(=O)=O. The molecule has 38 heavy (non-hydrogen) atoms. The molecule has 2 amide bonds. The van der Waals surface area contributed by atoms with Crippen molar-refractivity contribution >= 4 is 49.9 Å². The molecule has 3 aromatic carbocycles. The number of hydrogen-bond acceptors (Lipinski definition) is 4. The van der Waals surface area contributed by atoms with Crippen molar-refractivity contribution in [2.75, 3.05) is 17.1 Å². The fourth-order valence-electron chi connectivity index (χ4n) is 5.00. The van der Waals surface area contributed by atoms with Gasteiger partial charge in [-0.2, -0.15) is 0 Å². The van der Waals surface area contributed by atoms with Crippen molar-refractivity contribution < 1.29 is 18.0 Å². The normalized spacial score (nSPS) is 15.1. The molecule has 0 heterocycles. The number of fused-ring (bicyclic) bond motifs is 1. The maximum absolute atomic E-state index is 13.8. The van der Waals surface area contributed by atoms with Gasteiger partial charge in [0, 0.05) is 23.0 Å². The molecule has 1 unspecified atom stereocenters. The van der Waals surface area contributed by atoms with Gasteiger partial charge in [0.2, 0.25) is 21.8 Å². The van der Waals surface area contributed by atoms with Crippen molar-refractivity contribution in [2.24, 2.45) is 0 Å². The molecule has 0 aromatic heterocycles. The summed E-state index contributed by atoms with van der Waals surface area (Å²) in [6, 6.07) is 19.2. The van der Waals surface area contributed by atoms with Gasteiger partial charge in [0.25, 0.3) is 0 Å². The van der Waals surface area contributed by atoms with Gasteiger partial charge in [-0.25, -0.2) is 8.42 Å². The van der Waals surface area contributed by atoms with Crippen LogP contribution in [0, 0.1) is 0 Å². The highest BCUT2D eigenvalue weighted by atomic mass is 35.5. The monoisotopic (exact) mass is 555 g/mol. The molecule has 0 spiro atoms. The van der Waals surface area contributed by atoms with Gasteiger partial charge in [0.15, 0.2) is 0 Å². The number of carbonyl (C=O) groups is 2. The van der Waals surface area contributed by atoms with Crippen molar-refractivity contribution in [2.45, 2.75) is 57.7 Å². The topological polar surface area (TPSA) is 86.8 Å². The molecule has 0 saturated heterocycles. The number of hydrogen-bond donors (Lipinski definition) is 1. The molecule has 9 heteroatoms. The summed E-state index contributed by atoms with van der Waals surface area (Å²) in [5.74, 6) is -0.724. The Morgan fingerprint density at radius 3 is 2.39 bits per heavy atom. The summed E-state index contributed by atoms with van der Waals surface area (Å²) in [6.45, 7) is 1.36. The van der Waals surface area contributed by atoms with Crippen molar-refractivity contribution in [1.29, 1.82) is 0 Å².